The Hall–Kier alpha value is -2.82. The molecule has 2 aromatic rings. The lowest BCUT2D eigenvalue weighted by Crippen LogP contribution is -2.22. The third-order valence-electron chi connectivity index (χ3n) is 3.64. The van der Waals surface area contributed by atoms with Crippen molar-refractivity contribution in [1.82, 2.24) is 4.90 Å². The molecule has 5 nitrogen and oxygen atoms in total. The Bertz CT molecular complexity index is 754. The largest absolute Gasteiger partial charge is 0.496 e. The van der Waals surface area contributed by atoms with Crippen LogP contribution < -0.4 is 10.1 Å². The van der Waals surface area contributed by atoms with E-state index in [1.54, 1.807) is 45.5 Å². The molecule has 2 amide bonds. The summed E-state index contributed by atoms with van der Waals surface area (Å²) in [6, 6.07) is 12.6. The highest BCUT2D eigenvalue weighted by Crippen LogP contribution is 2.20. The molecule has 2 aromatic carbocycles. The van der Waals surface area contributed by atoms with Gasteiger partial charge in [-0.25, -0.2) is 0 Å². The molecule has 0 aliphatic heterocycles. The van der Waals surface area contributed by atoms with Crippen molar-refractivity contribution < 1.29 is 14.3 Å². The summed E-state index contributed by atoms with van der Waals surface area (Å²) < 4.78 is 5.28. The fourth-order valence-electron chi connectivity index (χ4n) is 2.35. The van der Waals surface area contributed by atoms with Crippen LogP contribution in [0, 0.1) is 6.92 Å². The molecule has 0 fully saturated rings. The maximum atomic E-state index is 12.2. The van der Waals surface area contributed by atoms with Crippen LogP contribution >= 0.6 is 0 Å². The number of nitrogens with zero attached hydrogens (tertiary/aromatic N) is 1. The molecular weight excluding hydrogens is 304 g/mol. The van der Waals surface area contributed by atoms with Gasteiger partial charge in [0.25, 0.3) is 5.91 Å². The molecule has 2 rings (SSSR count). The van der Waals surface area contributed by atoms with Crippen LogP contribution in [0.4, 0.5) is 5.69 Å². The van der Waals surface area contributed by atoms with Crippen molar-refractivity contribution in [2.75, 3.05) is 26.5 Å². The lowest BCUT2D eigenvalue weighted by Gasteiger charge is -2.12. The molecule has 5 heteroatoms. The molecule has 0 atom stereocenters. The van der Waals surface area contributed by atoms with E-state index in [1.807, 2.05) is 25.1 Å². The Morgan fingerprint density at radius 1 is 1.12 bits per heavy atom. The zero-order valence-corrected chi connectivity index (χ0v) is 14.4. The third kappa shape index (κ3) is 4.35. The fraction of sp³-hybridized carbons (Fsp3) is 0.263. The Labute approximate surface area is 142 Å². The minimum absolute atomic E-state index is 0.102. The molecule has 24 heavy (non-hydrogen) atoms. The predicted octanol–water partition coefficient (Wildman–Crippen LogP) is 2.89. The Kier molecular flexibility index (Phi) is 5.58. The molecule has 126 valence electrons. The van der Waals surface area contributed by atoms with Gasteiger partial charge in [0.05, 0.1) is 13.5 Å². The lowest BCUT2D eigenvalue weighted by atomic mass is 10.1. The highest BCUT2D eigenvalue weighted by atomic mass is 16.5. The summed E-state index contributed by atoms with van der Waals surface area (Å²) >= 11 is 0. The number of hydrogen-bond donors (Lipinski definition) is 1. The summed E-state index contributed by atoms with van der Waals surface area (Å²) in [5, 5.41) is 2.83. The van der Waals surface area contributed by atoms with E-state index in [4.69, 9.17) is 4.74 Å². The Morgan fingerprint density at radius 2 is 1.88 bits per heavy atom. The van der Waals surface area contributed by atoms with E-state index in [1.165, 1.54) is 4.90 Å². The van der Waals surface area contributed by atoms with Crippen molar-refractivity contribution in [2.24, 2.45) is 0 Å². The van der Waals surface area contributed by atoms with Crippen LogP contribution in [0.5, 0.6) is 5.75 Å². The van der Waals surface area contributed by atoms with E-state index in [0.717, 1.165) is 16.9 Å². The number of carbonyl (C=O) groups excluding carboxylic acids is 2. The van der Waals surface area contributed by atoms with Gasteiger partial charge in [-0.2, -0.15) is 0 Å². The van der Waals surface area contributed by atoms with Crippen LogP contribution in [-0.2, 0) is 11.2 Å². The summed E-state index contributed by atoms with van der Waals surface area (Å²) in [7, 11) is 5.00. The van der Waals surface area contributed by atoms with Gasteiger partial charge in [-0.3, -0.25) is 9.59 Å². The van der Waals surface area contributed by atoms with Crippen LogP contribution in [0.15, 0.2) is 42.5 Å². The van der Waals surface area contributed by atoms with Gasteiger partial charge in [0.1, 0.15) is 5.75 Å². The van der Waals surface area contributed by atoms with E-state index >= 15 is 0 Å². The zero-order valence-electron chi connectivity index (χ0n) is 14.4. The van der Waals surface area contributed by atoms with E-state index in [0.29, 0.717) is 11.3 Å². The minimum Gasteiger partial charge on any atom is -0.496 e. The standard InChI is InChI=1S/C19H22N2O3/c1-13-8-9-14(10-17(13)24-4)11-18(22)20-16-7-5-6-15(12-16)19(23)21(2)3/h5-10,12H,11H2,1-4H3,(H,20,22). The Balaban J connectivity index is 2.07. The summed E-state index contributed by atoms with van der Waals surface area (Å²) in [6.45, 7) is 1.95. The van der Waals surface area contributed by atoms with Crippen LogP contribution in [-0.4, -0.2) is 37.9 Å². The first kappa shape index (κ1) is 17.5. The normalized spacial score (nSPS) is 10.2. The molecule has 0 aromatic heterocycles. The van der Waals surface area contributed by atoms with Crippen LogP contribution in [0.1, 0.15) is 21.5 Å². The van der Waals surface area contributed by atoms with Crippen LogP contribution in [0.25, 0.3) is 0 Å². The number of benzene rings is 2. The zero-order chi connectivity index (χ0) is 17.7. The quantitative estimate of drug-likeness (QED) is 0.919. The average Bonchev–Trinajstić information content (AvgIpc) is 2.56. The predicted molar refractivity (Wildman–Crippen MR) is 94.5 cm³/mol. The second-order valence-corrected chi connectivity index (χ2v) is 5.81. The van der Waals surface area contributed by atoms with Crippen molar-refractivity contribution in [3.8, 4) is 5.75 Å². The van der Waals surface area contributed by atoms with E-state index in [2.05, 4.69) is 5.32 Å². The summed E-state index contributed by atoms with van der Waals surface area (Å²) in [4.78, 5) is 25.7. The molecule has 0 saturated carbocycles. The second kappa shape index (κ2) is 7.64. The van der Waals surface area contributed by atoms with Crippen molar-refractivity contribution in [3.63, 3.8) is 0 Å². The molecule has 0 heterocycles. The van der Waals surface area contributed by atoms with Gasteiger partial charge in [-0.05, 0) is 42.3 Å². The topological polar surface area (TPSA) is 58.6 Å². The molecule has 0 aliphatic rings. The fourth-order valence-corrected chi connectivity index (χ4v) is 2.35. The number of aryl methyl sites for hydroxylation is 1. The highest BCUT2D eigenvalue weighted by Gasteiger charge is 2.10. The van der Waals surface area contributed by atoms with Gasteiger partial charge >= 0.3 is 0 Å². The number of rotatable bonds is 5. The number of carbonyl (C=O) groups is 2. The third-order valence-corrected chi connectivity index (χ3v) is 3.64. The van der Waals surface area contributed by atoms with Gasteiger partial charge < -0.3 is 15.0 Å². The highest BCUT2D eigenvalue weighted by molar-refractivity contribution is 5.97. The van der Waals surface area contributed by atoms with Crippen molar-refractivity contribution in [3.05, 3.63) is 59.2 Å². The number of amides is 2. The number of ether oxygens (including phenoxy) is 1. The maximum Gasteiger partial charge on any atom is 0.253 e. The first-order valence-electron chi connectivity index (χ1n) is 7.66. The average molecular weight is 326 g/mol. The summed E-state index contributed by atoms with van der Waals surface area (Å²) in [5.41, 5.74) is 3.04. The summed E-state index contributed by atoms with van der Waals surface area (Å²) in [5.74, 6) is 0.517. The molecule has 1 N–H and O–H groups in total. The van der Waals surface area contributed by atoms with Gasteiger partial charge in [-0.15, -0.1) is 0 Å². The van der Waals surface area contributed by atoms with E-state index in [9.17, 15) is 9.59 Å². The van der Waals surface area contributed by atoms with Crippen molar-refractivity contribution in [1.29, 1.82) is 0 Å². The molecule has 0 saturated heterocycles. The van der Waals surface area contributed by atoms with E-state index < -0.39 is 0 Å². The molecule has 0 spiro atoms. The molecular formula is C19H22N2O3. The van der Waals surface area contributed by atoms with Crippen molar-refractivity contribution in [2.45, 2.75) is 13.3 Å². The smallest absolute Gasteiger partial charge is 0.253 e. The Morgan fingerprint density at radius 3 is 2.54 bits per heavy atom. The number of methoxy groups -OCH3 is 1. The van der Waals surface area contributed by atoms with Gasteiger partial charge in [0, 0.05) is 25.3 Å². The van der Waals surface area contributed by atoms with Crippen LogP contribution in [0.2, 0.25) is 0 Å². The second-order valence-electron chi connectivity index (χ2n) is 5.81. The van der Waals surface area contributed by atoms with Crippen LogP contribution in [0.3, 0.4) is 0 Å². The SMILES string of the molecule is COc1cc(CC(=O)Nc2cccc(C(=O)N(C)C)c2)ccc1C. The van der Waals surface area contributed by atoms with Gasteiger partial charge in [0.15, 0.2) is 0 Å². The van der Waals surface area contributed by atoms with E-state index in [-0.39, 0.29) is 18.2 Å². The lowest BCUT2D eigenvalue weighted by molar-refractivity contribution is -0.115. The number of anilines is 1. The first-order valence-corrected chi connectivity index (χ1v) is 7.66. The van der Waals surface area contributed by atoms with Gasteiger partial charge in [-0.1, -0.05) is 18.2 Å². The summed E-state index contributed by atoms with van der Waals surface area (Å²) in [6.07, 6.45) is 0.239. The minimum atomic E-state index is -0.143. The molecule has 0 aliphatic carbocycles. The monoisotopic (exact) mass is 326 g/mol. The molecule has 0 bridgehead atoms. The molecule has 0 unspecified atom stereocenters. The van der Waals surface area contributed by atoms with Crippen molar-refractivity contribution >= 4 is 17.5 Å². The van der Waals surface area contributed by atoms with Gasteiger partial charge in [0.2, 0.25) is 5.91 Å². The maximum absolute atomic E-state index is 12.2. The first-order chi connectivity index (χ1) is 11.4. The number of hydrogen-bond acceptors (Lipinski definition) is 3. The number of nitrogens with one attached hydrogen (secondary N) is 1. The molecule has 0 radical (unpaired) electrons.